The Bertz CT molecular complexity index is 1510. The van der Waals surface area contributed by atoms with Gasteiger partial charge in [0.25, 0.3) is 0 Å². The lowest BCUT2D eigenvalue weighted by Crippen LogP contribution is -2.67. The topological polar surface area (TPSA) is 111 Å². The van der Waals surface area contributed by atoms with E-state index in [0.29, 0.717) is 29.3 Å². The fourth-order valence-corrected chi connectivity index (χ4v) is 6.71. The standard InChI is InChI=1S/C28H37N9O/c1-16(2)37-18(4)30-23-8-7-22(31-26(23)37)20-9-12-36-24(20)25(29)33-27(34-36)32-21-10-11-35(13-17(21)3)28(14-38-15-28)19-5-6-19/h7-9,12,16-17,19,21H,5-6,10-11,13-15H2,1-4H3,(H3,29,32,33,34)/t17-,21+/m1/s1. The molecule has 0 spiro atoms. The van der Waals surface area contributed by atoms with Crippen LogP contribution in [0.2, 0.25) is 0 Å². The van der Waals surface area contributed by atoms with Gasteiger partial charge >= 0.3 is 0 Å². The van der Waals surface area contributed by atoms with E-state index in [4.69, 9.17) is 20.6 Å². The summed E-state index contributed by atoms with van der Waals surface area (Å²) in [6.07, 6.45) is 5.70. The van der Waals surface area contributed by atoms with Gasteiger partial charge in [-0.15, -0.1) is 5.10 Å². The fraction of sp³-hybridized carbons (Fsp3) is 0.571. The summed E-state index contributed by atoms with van der Waals surface area (Å²) < 4.78 is 9.66. The van der Waals surface area contributed by atoms with Gasteiger partial charge in [-0.1, -0.05) is 6.92 Å². The molecular weight excluding hydrogens is 478 g/mol. The second-order valence-electron chi connectivity index (χ2n) is 11.8. The number of piperidine rings is 1. The van der Waals surface area contributed by atoms with Gasteiger partial charge in [0, 0.05) is 36.9 Å². The van der Waals surface area contributed by atoms with Crippen molar-refractivity contribution in [2.45, 2.75) is 64.6 Å². The van der Waals surface area contributed by atoms with Crippen LogP contribution in [0.4, 0.5) is 11.8 Å². The molecule has 0 radical (unpaired) electrons. The van der Waals surface area contributed by atoms with Gasteiger partial charge in [-0.05, 0) is 70.1 Å². The Kier molecular flexibility index (Phi) is 5.42. The summed E-state index contributed by atoms with van der Waals surface area (Å²) in [6.45, 7) is 12.6. The molecular formula is C28H37N9O. The molecule has 7 rings (SSSR count). The lowest BCUT2D eigenvalue weighted by atomic mass is 9.83. The van der Waals surface area contributed by atoms with Crippen molar-refractivity contribution in [2.75, 3.05) is 37.4 Å². The van der Waals surface area contributed by atoms with Crippen LogP contribution in [-0.2, 0) is 4.74 Å². The third-order valence-corrected chi connectivity index (χ3v) is 8.93. The number of aryl methyl sites for hydroxylation is 1. The van der Waals surface area contributed by atoms with Crippen molar-refractivity contribution in [2.24, 2.45) is 11.8 Å². The number of nitrogen functional groups attached to an aromatic ring is 1. The number of hydrogen-bond acceptors (Lipinski definition) is 8. The van der Waals surface area contributed by atoms with Gasteiger partial charge in [0.1, 0.15) is 16.9 Å². The molecule has 6 heterocycles. The van der Waals surface area contributed by atoms with E-state index in [0.717, 1.165) is 72.4 Å². The van der Waals surface area contributed by atoms with Crippen LogP contribution in [0.1, 0.15) is 51.9 Å². The van der Waals surface area contributed by atoms with E-state index in [1.54, 1.807) is 0 Å². The van der Waals surface area contributed by atoms with Crippen molar-refractivity contribution >= 4 is 28.4 Å². The molecule has 3 N–H and O–H groups in total. The van der Waals surface area contributed by atoms with E-state index in [9.17, 15) is 0 Å². The molecule has 4 aromatic heterocycles. The normalized spacial score (nSPS) is 23.8. The molecule has 0 unspecified atom stereocenters. The molecule has 3 aliphatic rings. The van der Waals surface area contributed by atoms with E-state index in [2.05, 4.69) is 45.5 Å². The van der Waals surface area contributed by atoms with Gasteiger partial charge in [-0.25, -0.2) is 14.5 Å². The van der Waals surface area contributed by atoms with Crippen molar-refractivity contribution < 1.29 is 4.74 Å². The average molecular weight is 516 g/mol. The Labute approximate surface area is 222 Å². The van der Waals surface area contributed by atoms with Gasteiger partial charge in [0.05, 0.1) is 24.4 Å². The summed E-state index contributed by atoms with van der Waals surface area (Å²) in [5, 5.41) is 8.40. The first-order valence-electron chi connectivity index (χ1n) is 13.9. The van der Waals surface area contributed by atoms with Crippen molar-refractivity contribution in [3.05, 3.63) is 30.2 Å². The van der Waals surface area contributed by atoms with Crippen LogP contribution in [-0.4, -0.2) is 71.9 Å². The number of anilines is 2. The Morgan fingerprint density at radius 1 is 1.11 bits per heavy atom. The molecule has 3 fully saturated rings. The Balaban J connectivity index is 1.13. The third-order valence-electron chi connectivity index (χ3n) is 8.93. The molecule has 10 nitrogen and oxygen atoms in total. The Hall–Kier alpha value is -3.24. The summed E-state index contributed by atoms with van der Waals surface area (Å²) in [6, 6.07) is 6.61. The Morgan fingerprint density at radius 2 is 1.92 bits per heavy atom. The first-order valence-corrected chi connectivity index (χ1v) is 13.9. The highest BCUT2D eigenvalue weighted by molar-refractivity contribution is 5.88. The number of nitrogens with zero attached hydrogens (tertiary/aromatic N) is 7. The number of hydrogen-bond donors (Lipinski definition) is 2. The molecule has 0 bridgehead atoms. The number of likely N-dealkylation sites (tertiary alicyclic amines) is 1. The number of pyridine rings is 1. The summed E-state index contributed by atoms with van der Waals surface area (Å²) >= 11 is 0. The molecule has 4 aromatic rings. The van der Waals surface area contributed by atoms with E-state index < -0.39 is 0 Å². The van der Waals surface area contributed by atoms with E-state index >= 15 is 0 Å². The highest BCUT2D eigenvalue weighted by atomic mass is 16.5. The van der Waals surface area contributed by atoms with E-state index in [1.807, 2.05) is 35.8 Å². The molecule has 38 heavy (non-hydrogen) atoms. The first-order chi connectivity index (χ1) is 18.3. The van der Waals surface area contributed by atoms with Crippen LogP contribution in [0.15, 0.2) is 24.4 Å². The third kappa shape index (κ3) is 3.68. The molecule has 0 aromatic carbocycles. The summed E-state index contributed by atoms with van der Waals surface area (Å²) in [4.78, 5) is 17.0. The molecule has 2 saturated heterocycles. The van der Waals surface area contributed by atoms with Crippen molar-refractivity contribution in [3.8, 4) is 11.3 Å². The molecule has 200 valence electrons. The lowest BCUT2D eigenvalue weighted by molar-refractivity contribution is -0.161. The van der Waals surface area contributed by atoms with Crippen molar-refractivity contribution in [1.29, 1.82) is 0 Å². The average Bonchev–Trinajstić information content (AvgIpc) is 3.49. The van der Waals surface area contributed by atoms with Gasteiger partial charge in [-0.3, -0.25) is 4.90 Å². The molecule has 10 heteroatoms. The van der Waals surface area contributed by atoms with Gasteiger partial charge in [0.2, 0.25) is 5.95 Å². The number of fused-ring (bicyclic) bond motifs is 2. The largest absolute Gasteiger partial charge is 0.382 e. The molecule has 1 aliphatic carbocycles. The second kappa shape index (κ2) is 8.64. The number of imidazole rings is 1. The molecule has 1 saturated carbocycles. The zero-order valence-corrected chi connectivity index (χ0v) is 22.7. The fourth-order valence-electron chi connectivity index (χ4n) is 6.71. The monoisotopic (exact) mass is 515 g/mol. The quantitative estimate of drug-likeness (QED) is 0.398. The van der Waals surface area contributed by atoms with Gasteiger partial charge < -0.3 is 20.4 Å². The van der Waals surface area contributed by atoms with Crippen LogP contribution in [0, 0.1) is 18.8 Å². The molecule has 2 aliphatic heterocycles. The number of aromatic nitrogens is 6. The van der Waals surface area contributed by atoms with Gasteiger partial charge in [0.15, 0.2) is 11.5 Å². The minimum absolute atomic E-state index is 0.270. The minimum Gasteiger partial charge on any atom is -0.382 e. The predicted octanol–water partition coefficient (Wildman–Crippen LogP) is 3.91. The summed E-state index contributed by atoms with van der Waals surface area (Å²) in [5.74, 6) is 3.28. The number of nitrogens with one attached hydrogen (secondary N) is 1. The second-order valence-corrected chi connectivity index (χ2v) is 11.8. The van der Waals surface area contributed by atoms with Gasteiger partial charge in [-0.2, -0.15) is 4.98 Å². The Morgan fingerprint density at radius 3 is 2.61 bits per heavy atom. The van der Waals surface area contributed by atoms with Crippen LogP contribution in [0.25, 0.3) is 27.9 Å². The van der Waals surface area contributed by atoms with E-state index in [-0.39, 0.29) is 6.04 Å². The summed E-state index contributed by atoms with van der Waals surface area (Å²) in [5.41, 5.74) is 11.1. The smallest absolute Gasteiger partial charge is 0.243 e. The molecule has 0 amide bonds. The van der Waals surface area contributed by atoms with Crippen molar-refractivity contribution in [3.63, 3.8) is 0 Å². The molecule has 2 atom stereocenters. The zero-order valence-electron chi connectivity index (χ0n) is 22.7. The minimum atomic E-state index is 0.270. The highest BCUT2D eigenvalue weighted by Gasteiger charge is 2.55. The zero-order chi connectivity index (χ0) is 26.2. The lowest BCUT2D eigenvalue weighted by Gasteiger charge is -2.53. The van der Waals surface area contributed by atoms with Crippen LogP contribution in [0.5, 0.6) is 0 Å². The predicted molar refractivity (Wildman–Crippen MR) is 148 cm³/mol. The maximum absolute atomic E-state index is 6.54. The number of ether oxygens (including phenoxy) is 1. The van der Waals surface area contributed by atoms with Crippen molar-refractivity contribution in [1.82, 2.24) is 34.0 Å². The highest BCUT2D eigenvalue weighted by Crippen LogP contribution is 2.48. The van der Waals surface area contributed by atoms with Crippen LogP contribution in [0.3, 0.4) is 0 Å². The number of rotatable bonds is 6. The van der Waals surface area contributed by atoms with E-state index in [1.165, 1.54) is 12.8 Å². The van der Waals surface area contributed by atoms with Crippen LogP contribution < -0.4 is 11.1 Å². The van der Waals surface area contributed by atoms with Crippen LogP contribution >= 0.6 is 0 Å². The number of nitrogens with two attached hydrogens (primary N) is 1. The SMILES string of the molecule is Cc1nc2ccc(-c3ccn4nc(N[C@H]5CCN(C6(C7CC7)COC6)C[C@H]5C)nc(N)c34)nc2n1C(C)C. The summed E-state index contributed by atoms with van der Waals surface area (Å²) in [7, 11) is 0. The first kappa shape index (κ1) is 23.8. The maximum atomic E-state index is 6.54. The maximum Gasteiger partial charge on any atom is 0.243 e.